The van der Waals surface area contributed by atoms with Crippen LogP contribution in [0.2, 0.25) is 0 Å². The van der Waals surface area contributed by atoms with E-state index in [1.54, 1.807) is 0 Å². The van der Waals surface area contributed by atoms with Crippen molar-refractivity contribution in [2.45, 2.75) is 122 Å². The number of carbonyl (C=O) groups excluding carboxylic acids is 3. The molecule has 0 spiro atoms. The summed E-state index contributed by atoms with van der Waals surface area (Å²) in [6, 6.07) is 33.5. The number of aliphatic carboxylic acids is 1. The lowest BCUT2D eigenvalue weighted by Crippen LogP contribution is -2.55. The van der Waals surface area contributed by atoms with Crippen LogP contribution in [-0.2, 0) is 32.0 Å². The molecule has 4 aromatic rings. The summed E-state index contributed by atoms with van der Waals surface area (Å²) in [6.07, 6.45) is 5.44. The molecular weight excluding hydrogens is 877 g/mol. The predicted octanol–water partition coefficient (Wildman–Crippen LogP) is 7.33. The number of amidine groups is 2. The number of carbonyl (C=O) groups is 4. The number of hydrogen-bond acceptors (Lipinski definition) is 12. The van der Waals surface area contributed by atoms with Crippen LogP contribution in [0.3, 0.4) is 0 Å². The van der Waals surface area contributed by atoms with Gasteiger partial charge in [0.1, 0.15) is 42.4 Å². The molecule has 16 heteroatoms. The summed E-state index contributed by atoms with van der Waals surface area (Å²) in [6.45, 7) is 12.9. The van der Waals surface area contributed by atoms with Crippen LogP contribution in [0.1, 0.15) is 101 Å². The quantitative estimate of drug-likeness (QED) is 0.152. The summed E-state index contributed by atoms with van der Waals surface area (Å²) in [4.78, 5) is 52.5. The summed E-state index contributed by atoms with van der Waals surface area (Å²) < 4.78 is 17.6. The molecule has 0 radical (unpaired) electrons. The van der Waals surface area contributed by atoms with E-state index in [1.165, 1.54) is 22.3 Å². The molecule has 6 aliphatic heterocycles. The van der Waals surface area contributed by atoms with E-state index >= 15 is 0 Å². The van der Waals surface area contributed by atoms with Gasteiger partial charge >= 0.3 is 6.09 Å². The molecule has 6 atom stereocenters. The van der Waals surface area contributed by atoms with Crippen molar-refractivity contribution in [3.8, 4) is 11.5 Å². The Balaban J connectivity index is 0.000000176. The number of carboxylic acids is 1. The minimum Gasteiger partial charge on any atom is -0.483 e. The van der Waals surface area contributed by atoms with Crippen LogP contribution in [0, 0.1) is 0 Å². The molecule has 3 amide bonds. The van der Waals surface area contributed by atoms with Gasteiger partial charge in [0.15, 0.2) is 11.7 Å². The molecule has 364 valence electrons. The minimum absolute atomic E-state index is 0.0186. The van der Waals surface area contributed by atoms with Crippen LogP contribution in [0.5, 0.6) is 11.5 Å². The van der Waals surface area contributed by atoms with E-state index in [0.717, 1.165) is 80.7 Å². The molecule has 0 aromatic heterocycles. The van der Waals surface area contributed by atoms with Gasteiger partial charge in [0, 0.05) is 25.6 Å². The van der Waals surface area contributed by atoms with Crippen molar-refractivity contribution in [1.82, 2.24) is 21.1 Å². The number of carboxylic acid groups (broad SMARTS) is 1. The lowest BCUT2D eigenvalue weighted by molar-refractivity contribution is -0.134. The number of hydrazone groups is 2. The second-order valence-electron chi connectivity index (χ2n) is 19.5. The van der Waals surface area contributed by atoms with E-state index in [2.05, 4.69) is 99.2 Å². The summed E-state index contributed by atoms with van der Waals surface area (Å²) in [5.74, 6) is 2.74. The Kier molecular flexibility index (Phi) is 14.9. The van der Waals surface area contributed by atoms with Crippen molar-refractivity contribution in [3.63, 3.8) is 0 Å². The van der Waals surface area contributed by atoms with E-state index in [0.29, 0.717) is 37.6 Å². The smallest absolute Gasteiger partial charge is 0.410 e. The molecule has 69 heavy (non-hydrogen) atoms. The van der Waals surface area contributed by atoms with Crippen molar-refractivity contribution in [2.75, 3.05) is 36.1 Å². The van der Waals surface area contributed by atoms with Gasteiger partial charge in [-0.2, -0.15) is 10.2 Å². The Morgan fingerprint density at radius 2 is 1.22 bits per heavy atom. The lowest BCUT2D eigenvalue weighted by Gasteiger charge is -2.41. The SMILES string of the molecule is CC(=O)O.C[C@@H]1C(=O)NN=C2COc3ccc([C@H]4CCN(C(=O)OC(C)(C)C)[C@H](Cc5ccccc5)C4)cc3N21.C[C@@H]1C(=O)NN=C2COc3ccc([C@H]4CCN[C@H](Cc5ccccc5)C4)cc3N21. The van der Waals surface area contributed by atoms with Gasteiger partial charge in [0.05, 0.1) is 11.4 Å². The zero-order chi connectivity index (χ0) is 48.8. The van der Waals surface area contributed by atoms with Crippen molar-refractivity contribution < 1.29 is 38.5 Å². The molecule has 0 saturated carbocycles. The van der Waals surface area contributed by atoms with Gasteiger partial charge in [-0.1, -0.05) is 72.8 Å². The second kappa shape index (κ2) is 21.1. The highest BCUT2D eigenvalue weighted by Gasteiger charge is 2.39. The van der Waals surface area contributed by atoms with Gasteiger partial charge in [-0.25, -0.2) is 15.6 Å². The molecule has 0 aliphatic carbocycles. The number of anilines is 2. The van der Waals surface area contributed by atoms with Gasteiger partial charge in [0.25, 0.3) is 17.8 Å². The Labute approximate surface area is 404 Å². The third-order valence-electron chi connectivity index (χ3n) is 13.3. The molecule has 4 N–H and O–H groups in total. The van der Waals surface area contributed by atoms with Crippen LogP contribution in [0.4, 0.5) is 16.2 Å². The first-order valence-electron chi connectivity index (χ1n) is 24.0. The molecule has 16 nitrogen and oxygen atoms in total. The Morgan fingerprint density at radius 1 is 0.725 bits per heavy atom. The fraction of sp³-hybridized carbons (Fsp3) is 0.434. The van der Waals surface area contributed by atoms with E-state index in [-0.39, 0.29) is 42.0 Å². The van der Waals surface area contributed by atoms with Crippen molar-refractivity contribution in [3.05, 3.63) is 119 Å². The highest BCUT2D eigenvalue weighted by atomic mass is 16.6. The Hall–Kier alpha value is -6.94. The molecule has 2 fully saturated rings. The van der Waals surface area contributed by atoms with Crippen LogP contribution in [-0.4, -0.2) is 102 Å². The zero-order valence-corrected chi connectivity index (χ0v) is 40.3. The monoisotopic (exact) mass is 940 g/mol. The van der Waals surface area contributed by atoms with Gasteiger partial charge in [-0.3, -0.25) is 14.4 Å². The van der Waals surface area contributed by atoms with Crippen molar-refractivity contribution in [2.24, 2.45) is 10.2 Å². The normalized spacial score (nSPS) is 23.6. The summed E-state index contributed by atoms with van der Waals surface area (Å²) in [7, 11) is 0. The van der Waals surface area contributed by atoms with Crippen molar-refractivity contribution in [1.29, 1.82) is 0 Å². The summed E-state index contributed by atoms with van der Waals surface area (Å²) in [5, 5.41) is 19.5. The fourth-order valence-electron chi connectivity index (χ4n) is 9.95. The number of hydrogen-bond donors (Lipinski definition) is 4. The summed E-state index contributed by atoms with van der Waals surface area (Å²) in [5.41, 5.74) is 11.5. The highest BCUT2D eigenvalue weighted by molar-refractivity contribution is 6.10. The third kappa shape index (κ3) is 11.7. The molecule has 0 bridgehead atoms. The van der Waals surface area contributed by atoms with E-state index in [1.807, 2.05) is 73.6 Å². The molecule has 0 unspecified atom stereocenters. The predicted molar refractivity (Wildman–Crippen MR) is 265 cm³/mol. The first-order valence-corrected chi connectivity index (χ1v) is 24.0. The number of amides is 3. The molecule has 10 rings (SSSR count). The lowest BCUT2D eigenvalue weighted by atomic mass is 9.83. The summed E-state index contributed by atoms with van der Waals surface area (Å²) >= 11 is 0. The fourth-order valence-corrected chi connectivity index (χ4v) is 9.95. The maximum Gasteiger partial charge on any atom is 0.410 e. The van der Waals surface area contributed by atoms with Crippen LogP contribution in [0.25, 0.3) is 0 Å². The maximum absolute atomic E-state index is 13.1. The number of nitrogens with one attached hydrogen (secondary N) is 3. The third-order valence-corrected chi connectivity index (χ3v) is 13.3. The number of fused-ring (bicyclic) bond motifs is 6. The molecular formula is C53H64N8O8. The first kappa shape index (κ1) is 48.5. The largest absolute Gasteiger partial charge is 0.483 e. The molecule has 2 saturated heterocycles. The minimum atomic E-state index is -0.833. The number of benzene rings is 4. The molecule has 6 heterocycles. The number of likely N-dealkylation sites (tertiary alicyclic amines) is 1. The standard InChI is InChI=1S/C28H34N4O4.C23H26N4O2.C2H4O2/c1-18-26(33)30-29-25-17-35-24-11-10-20(16-23(24)32(18)25)21-12-13-31(27(34)36-28(2,3)4)22(15-21)14-19-8-6-5-7-9-19;1-15-23(28)26-25-22-14-29-21-8-7-17(13-20(21)27(15)22)18-9-10-24-19(12-18)11-16-5-3-2-4-6-16;1-2(3)4/h5-11,16,18,21-22H,12-15,17H2,1-4H3,(H,30,33);2-8,13,15,18-19,24H,9-12,14H2,1H3,(H,26,28);1H3,(H,3,4)/t18-,21+,22-;15-,18+,19-;/m11./s1. The van der Waals surface area contributed by atoms with E-state index in [9.17, 15) is 14.4 Å². The van der Waals surface area contributed by atoms with Gasteiger partial charge in [-0.05, 0) is 138 Å². The average Bonchev–Trinajstić information content (AvgIpc) is 3.33. The number of piperidine rings is 2. The highest BCUT2D eigenvalue weighted by Crippen LogP contribution is 2.42. The van der Waals surface area contributed by atoms with Crippen LogP contribution in [0.15, 0.2) is 107 Å². The van der Waals surface area contributed by atoms with Gasteiger partial charge < -0.3 is 39.3 Å². The first-order chi connectivity index (χ1) is 33.1. The second-order valence-corrected chi connectivity index (χ2v) is 19.5. The van der Waals surface area contributed by atoms with Gasteiger partial charge in [-0.15, -0.1) is 0 Å². The zero-order valence-electron chi connectivity index (χ0n) is 40.3. The number of rotatable bonds is 6. The van der Waals surface area contributed by atoms with Crippen LogP contribution >= 0.6 is 0 Å². The average molecular weight is 941 g/mol. The Morgan fingerprint density at radius 3 is 1.72 bits per heavy atom. The maximum atomic E-state index is 13.1. The van der Waals surface area contributed by atoms with E-state index in [4.69, 9.17) is 24.1 Å². The molecule has 4 aromatic carbocycles. The number of ether oxygens (including phenoxy) is 3. The molecule has 6 aliphatic rings. The van der Waals surface area contributed by atoms with Crippen molar-refractivity contribution >= 4 is 46.9 Å². The Bertz CT molecular complexity index is 2560. The topological polar surface area (TPSA) is 187 Å². The van der Waals surface area contributed by atoms with Crippen LogP contribution < -0.4 is 35.4 Å². The van der Waals surface area contributed by atoms with E-state index < -0.39 is 11.6 Å². The van der Waals surface area contributed by atoms with Gasteiger partial charge in [0.2, 0.25) is 0 Å². The number of nitrogens with zero attached hydrogens (tertiary/aromatic N) is 5.